The van der Waals surface area contributed by atoms with Crippen LogP contribution >= 0.6 is 23.2 Å². The Balaban J connectivity index is 2.08. The topological polar surface area (TPSA) is 60.9 Å². The second-order valence-corrected chi connectivity index (χ2v) is 8.86. The molecule has 1 aromatic carbocycles. The molecule has 23 heavy (non-hydrogen) atoms. The summed E-state index contributed by atoms with van der Waals surface area (Å²) in [7, 11) is -3.66. The van der Waals surface area contributed by atoms with Crippen molar-refractivity contribution in [3.8, 4) is 0 Å². The Morgan fingerprint density at radius 1 is 1.22 bits per heavy atom. The van der Waals surface area contributed by atoms with Crippen LogP contribution in [0.15, 0.2) is 23.1 Å². The molecule has 1 aromatic rings. The molecule has 5 nitrogen and oxygen atoms in total. The number of hydrogen-bond donors (Lipinski definition) is 1. The van der Waals surface area contributed by atoms with Crippen molar-refractivity contribution < 1.29 is 13.5 Å². The van der Waals surface area contributed by atoms with Gasteiger partial charge in [-0.05, 0) is 31.5 Å². The quantitative estimate of drug-likeness (QED) is 0.851. The molecular weight excluding hydrogens is 359 g/mol. The first-order chi connectivity index (χ1) is 10.7. The third-order valence-electron chi connectivity index (χ3n) is 4.17. The van der Waals surface area contributed by atoms with E-state index in [2.05, 4.69) is 4.90 Å². The summed E-state index contributed by atoms with van der Waals surface area (Å²) in [4.78, 5) is 2.12. The molecule has 0 saturated carbocycles. The highest BCUT2D eigenvalue weighted by Gasteiger charge is 2.32. The van der Waals surface area contributed by atoms with Gasteiger partial charge in [-0.2, -0.15) is 4.31 Å². The van der Waals surface area contributed by atoms with E-state index >= 15 is 0 Å². The van der Waals surface area contributed by atoms with E-state index in [1.54, 1.807) is 13.0 Å². The van der Waals surface area contributed by atoms with Crippen LogP contribution in [0.2, 0.25) is 10.0 Å². The highest BCUT2D eigenvalue weighted by atomic mass is 35.5. The average Bonchev–Trinajstić information content (AvgIpc) is 2.50. The molecule has 0 spiro atoms. The number of hydrogen-bond acceptors (Lipinski definition) is 4. The molecular formula is C15H22Cl2N2O3S. The van der Waals surface area contributed by atoms with E-state index in [9.17, 15) is 13.5 Å². The van der Waals surface area contributed by atoms with Crippen molar-refractivity contribution in [1.82, 2.24) is 9.21 Å². The zero-order chi connectivity index (χ0) is 17.3. The van der Waals surface area contributed by atoms with Gasteiger partial charge in [-0.3, -0.25) is 4.90 Å². The lowest BCUT2D eigenvalue weighted by Crippen LogP contribution is -2.52. The summed E-state index contributed by atoms with van der Waals surface area (Å²) >= 11 is 11.9. The number of β-amino-alcohol motifs (C(OH)–C–C–N with tert-alkyl or cyclic N) is 1. The van der Waals surface area contributed by atoms with Crippen molar-refractivity contribution in [3.63, 3.8) is 0 Å². The van der Waals surface area contributed by atoms with Crippen LogP contribution in [0.25, 0.3) is 0 Å². The van der Waals surface area contributed by atoms with Crippen molar-refractivity contribution in [2.45, 2.75) is 30.8 Å². The van der Waals surface area contributed by atoms with Crippen LogP contribution in [0.3, 0.4) is 0 Å². The van der Waals surface area contributed by atoms with Crippen LogP contribution in [0.5, 0.6) is 0 Å². The van der Waals surface area contributed by atoms with Gasteiger partial charge in [0.15, 0.2) is 0 Å². The van der Waals surface area contributed by atoms with Crippen molar-refractivity contribution >= 4 is 33.2 Å². The number of sulfonamides is 1. The lowest BCUT2D eigenvalue weighted by Gasteiger charge is -2.37. The van der Waals surface area contributed by atoms with Gasteiger partial charge in [-0.25, -0.2) is 8.42 Å². The minimum Gasteiger partial charge on any atom is -0.389 e. The van der Waals surface area contributed by atoms with Gasteiger partial charge in [0, 0.05) is 37.7 Å². The molecule has 1 fully saturated rings. The maximum Gasteiger partial charge on any atom is 0.244 e. The lowest BCUT2D eigenvalue weighted by atomic mass is 10.0. The number of halogens is 2. The maximum absolute atomic E-state index is 12.7. The van der Waals surface area contributed by atoms with E-state index in [0.29, 0.717) is 44.2 Å². The fraction of sp³-hybridized carbons (Fsp3) is 0.600. The highest BCUT2D eigenvalue weighted by Crippen LogP contribution is 2.28. The standard InChI is InChI=1S/C15H22Cl2N2O3S/c1-3-15(2,20)11-18-6-8-19(9-7-18)23(21,22)14-10-12(16)4-5-13(14)17/h4-5,10,20H,3,6-9,11H2,1-2H3/t15-/m0/s1. The number of piperazine rings is 1. The summed E-state index contributed by atoms with van der Waals surface area (Å²) in [5, 5.41) is 10.7. The van der Waals surface area contributed by atoms with Crippen LogP contribution in [-0.4, -0.2) is 61.1 Å². The zero-order valence-electron chi connectivity index (χ0n) is 13.3. The van der Waals surface area contributed by atoms with Crippen LogP contribution in [0.1, 0.15) is 20.3 Å². The van der Waals surface area contributed by atoms with Crippen molar-refractivity contribution in [2.75, 3.05) is 32.7 Å². The molecule has 1 saturated heterocycles. The molecule has 0 unspecified atom stereocenters. The molecule has 0 amide bonds. The van der Waals surface area contributed by atoms with E-state index < -0.39 is 15.6 Å². The van der Waals surface area contributed by atoms with Crippen LogP contribution in [-0.2, 0) is 10.0 Å². The molecule has 1 heterocycles. The van der Waals surface area contributed by atoms with Crippen molar-refractivity contribution in [1.29, 1.82) is 0 Å². The molecule has 8 heteroatoms. The minimum atomic E-state index is -3.66. The Hall–Kier alpha value is -0.370. The molecule has 2 rings (SSSR count). The van der Waals surface area contributed by atoms with E-state index in [4.69, 9.17) is 23.2 Å². The van der Waals surface area contributed by atoms with Crippen molar-refractivity contribution in [2.24, 2.45) is 0 Å². The molecule has 1 aliphatic rings. The SMILES string of the molecule is CC[C@](C)(O)CN1CCN(S(=O)(=O)c2cc(Cl)ccc2Cl)CC1. The van der Waals surface area contributed by atoms with Gasteiger partial charge in [-0.15, -0.1) is 0 Å². The smallest absolute Gasteiger partial charge is 0.244 e. The first-order valence-electron chi connectivity index (χ1n) is 7.55. The van der Waals surface area contributed by atoms with Gasteiger partial charge in [0.2, 0.25) is 10.0 Å². The van der Waals surface area contributed by atoms with E-state index in [0.717, 1.165) is 0 Å². The third-order valence-corrected chi connectivity index (χ3v) is 6.78. The summed E-state index contributed by atoms with van der Waals surface area (Å²) in [6, 6.07) is 4.44. The van der Waals surface area contributed by atoms with Gasteiger partial charge in [0.25, 0.3) is 0 Å². The summed E-state index contributed by atoms with van der Waals surface area (Å²) in [5.41, 5.74) is -0.753. The van der Waals surface area contributed by atoms with Crippen LogP contribution < -0.4 is 0 Å². The molecule has 0 radical (unpaired) electrons. The van der Waals surface area contributed by atoms with Gasteiger partial charge in [0.05, 0.1) is 10.6 Å². The Bertz CT molecular complexity index is 657. The molecule has 1 N–H and O–H groups in total. The fourth-order valence-corrected chi connectivity index (χ4v) is 4.69. The molecule has 0 aliphatic carbocycles. The second kappa shape index (κ2) is 7.25. The number of nitrogens with zero attached hydrogens (tertiary/aromatic N) is 2. The molecule has 1 atom stereocenters. The Morgan fingerprint density at radius 3 is 2.39 bits per heavy atom. The maximum atomic E-state index is 12.7. The number of aliphatic hydroxyl groups is 1. The van der Waals surface area contributed by atoms with E-state index in [1.807, 2.05) is 6.92 Å². The summed E-state index contributed by atoms with van der Waals surface area (Å²) in [6.07, 6.45) is 0.656. The first kappa shape index (κ1) is 19.0. The fourth-order valence-electron chi connectivity index (χ4n) is 2.54. The summed E-state index contributed by atoms with van der Waals surface area (Å²) in [5.74, 6) is 0. The Labute approximate surface area is 147 Å². The monoisotopic (exact) mass is 380 g/mol. The van der Waals surface area contributed by atoms with Crippen molar-refractivity contribution in [3.05, 3.63) is 28.2 Å². The molecule has 0 bridgehead atoms. The minimum absolute atomic E-state index is 0.0423. The van der Waals surface area contributed by atoms with Gasteiger partial charge < -0.3 is 5.11 Å². The van der Waals surface area contributed by atoms with E-state index in [-0.39, 0.29) is 9.92 Å². The van der Waals surface area contributed by atoms with Gasteiger partial charge in [-0.1, -0.05) is 30.1 Å². The normalized spacial score (nSPS) is 20.4. The summed E-state index contributed by atoms with van der Waals surface area (Å²) < 4.78 is 26.9. The number of benzene rings is 1. The van der Waals surface area contributed by atoms with Crippen LogP contribution in [0, 0.1) is 0 Å². The third kappa shape index (κ3) is 4.59. The number of rotatable bonds is 5. The highest BCUT2D eigenvalue weighted by molar-refractivity contribution is 7.89. The predicted octanol–water partition coefficient (Wildman–Crippen LogP) is 2.46. The predicted molar refractivity (Wildman–Crippen MR) is 92.6 cm³/mol. The Kier molecular flexibility index (Phi) is 5.98. The molecule has 130 valence electrons. The van der Waals surface area contributed by atoms with Crippen LogP contribution in [0.4, 0.5) is 0 Å². The zero-order valence-corrected chi connectivity index (χ0v) is 15.6. The molecule has 1 aliphatic heterocycles. The van der Waals surface area contributed by atoms with Gasteiger partial charge in [0.1, 0.15) is 4.90 Å². The largest absolute Gasteiger partial charge is 0.389 e. The van der Waals surface area contributed by atoms with E-state index in [1.165, 1.54) is 16.4 Å². The second-order valence-electron chi connectivity index (χ2n) is 6.11. The molecule has 0 aromatic heterocycles. The summed E-state index contributed by atoms with van der Waals surface area (Å²) in [6.45, 7) is 6.15. The average molecular weight is 381 g/mol. The first-order valence-corrected chi connectivity index (χ1v) is 9.75. The Morgan fingerprint density at radius 2 is 1.83 bits per heavy atom. The van der Waals surface area contributed by atoms with Gasteiger partial charge >= 0.3 is 0 Å². The lowest BCUT2D eigenvalue weighted by molar-refractivity contribution is 0.00819.